The zero-order chi connectivity index (χ0) is 16.1. The Balaban J connectivity index is 1.41. The number of nitrogens with zero attached hydrogens (tertiary/aromatic N) is 1. The van der Waals surface area contributed by atoms with Gasteiger partial charge in [-0.2, -0.15) is 0 Å². The largest absolute Gasteiger partial charge is 0.335 e. The van der Waals surface area contributed by atoms with E-state index >= 15 is 0 Å². The molecule has 0 bridgehead atoms. The van der Waals surface area contributed by atoms with Crippen LogP contribution in [0.25, 0.3) is 0 Å². The van der Waals surface area contributed by atoms with Crippen molar-refractivity contribution >= 4 is 34.7 Å². The van der Waals surface area contributed by atoms with Gasteiger partial charge in [0.25, 0.3) is 0 Å². The van der Waals surface area contributed by atoms with Gasteiger partial charge in [0.1, 0.15) is 0 Å². The molecular weight excluding hydrogens is 330 g/mol. The summed E-state index contributed by atoms with van der Waals surface area (Å²) in [4.78, 5) is 15.9. The van der Waals surface area contributed by atoms with Crippen LogP contribution in [0.5, 0.6) is 0 Å². The van der Waals surface area contributed by atoms with Crippen LogP contribution in [-0.2, 0) is 6.54 Å². The normalized spacial score (nSPS) is 16.2. The first kappa shape index (κ1) is 16.3. The molecule has 0 spiro atoms. The maximum absolute atomic E-state index is 12.0. The van der Waals surface area contributed by atoms with Crippen LogP contribution in [-0.4, -0.2) is 30.1 Å². The van der Waals surface area contributed by atoms with E-state index in [-0.39, 0.29) is 12.1 Å². The topological polar surface area (TPSA) is 44.4 Å². The Hall–Kier alpha value is -1.56. The summed E-state index contributed by atoms with van der Waals surface area (Å²) in [6.45, 7) is 3.05. The molecular formula is C17H20ClN3OS. The quantitative estimate of drug-likeness (QED) is 0.869. The van der Waals surface area contributed by atoms with E-state index in [0.717, 1.165) is 38.2 Å². The van der Waals surface area contributed by atoms with Gasteiger partial charge in [0.15, 0.2) is 0 Å². The third-order valence-corrected chi connectivity index (χ3v) is 5.10. The number of carbonyl (C=O) groups excluding carboxylic acids is 1. The molecule has 1 aromatic carbocycles. The maximum atomic E-state index is 12.0. The van der Waals surface area contributed by atoms with Crippen LogP contribution < -0.4 is 10.6 Å². The number of benzene rings is 1. The Morgan fingerprint density at radius 3 is 2.61 bits per heavy atom. The molecule has 2 aromatic rings. The fourth-order valence-electron chi connectivity index (χ4n) is 2.74. The summed E-state index contributed by atoms with van der Waals surface area (Å²) in [5.74, 6) is 0. The Labute approximate surface area is 145 Å². The molecule has 0 radical (unpaired) electrons. The van der Waals surface area contributed by atoms with E-state index in [2.05, 4.69) is 33.0 Å². The van der Waals surface area contributed by atoms with Crippen molar-refractivity contribution in [2.45, 2.75) is 25.4 Å². The van der Waals surface area contributed by atoms with Crippen molar-refractivity contribution in [1.82, 2.24) is 10.2 Å². The predicted molar refractivity (Wildman–Crippen MR) is 96.2 cm³/mol. The second kappa shape index (κ2) is 7.81. The van der Waals surface area contributed by atoms with Crippen LogP contribution >= 0.6 is 22.9 Å². The van der Waals surface area contributed by atoms with E-state index in [4.69, 9.17) is 11.6 Å². The molecule has 23 heavy (non-hydrogen) atoms. The summed E-state index contributed by atoms with van der Waals surface area (Å²) in [5.41, 5.74) is 0.752. The molecule has 1 aliphatic heterocycles. The lowest BCUT2D eigenvalue weighted by Crippen LogP contribution is -2.45. The highest BCUT2D eigenvalue weighted by atomic mass is 35.5. The second-order valence-electron chi connectivity index (χ2n) is 5.74. The molecule has 0 unspecified atom stereocenters. The number of likely N-dealkylation sites (tertiary alicyclic amines) is 1. The SMILES string of the molecule is O=C(Nc1ccc(Cl)cc1)NC1CCN(Cc2cccs2)CC1. The smallest absolute Gasteiger partial charge is 0.319 e. The van der Waals surface area contributed by atoms with Crippen molar-refractivity contribution < 1.29 is 4.79 Å². The average molecular weight is 350 g/mol. The Morgan fingerprint density at radius 2 is 1.96 bits per heavy atom. The number of hydrogen-bond donors (Lipinski definition) is 2. The van der Waals surface area contributed by atoms with Gasteiger partial charge in [-0.1, -0.05) is 17.7 Å². The van der Waals surface area contributed by atoms with Crippen molar-refractivity contribution in [2.75, 3.05) is 18.4 Å². The highest BCUT2D eigenvalue weighted by molar-refractivity contribution is 7.09. The van der Waals surface area contributed by atoms with E-state index in [0.29, 0.717) is 5.02 Å². The molecule has 6 heteroatoms. The molecule has 0 aliphatic carbocycles. The fraction of sp³-hybridized carbons (Fsp3) is 0.353. The average Bonchev–Trinajstić information content (AvgIpc) is 3.04. The zero-order valence-electron chi connectivity index (χ0n) is 12.8. The van der Waals surface area contributed by atoms with Crippen LogP contribution in [0.3, 0.4) is 0 Å². The lowest BCUT2D eigenvalue weighted by atomic mass is 10.1. The number of carbonyl (C=O) groups is 1. The molecule has 122 valence electrons. The van der Waals surface area contributed by atoms with Crippen molar-refractivity contribution in [1.29, 1.82) is 0 Å². The van der Waals surface area contributed by atoms with Gasteiger partial charge in [-0.25, -0.2) is 4.79 Å². The number of urea groups is 1. The first-order chi connectivity index (χ1) is 11.2. The summed E-state index contributed by atoms with van der Waals surface area (Å²) in [6.07, 6.45) is 1.97. The summed E-state index contributed by atoms with van der Waals surface area (Å²) in [5, 5.41) is 8.67. The number of rotatable bonds is 4. The summed E-state index contributed by atoms with van der Waals surface area (Å²) < 4.78 is 0. The van der Waals surface area contributed by atoms with Gasteiger partial charge in [0.2, 0.25) is 0 Å². The third-order valence-electron chi connectivity index (χ3n) is 3.98. The van der Waals surface area contributed by atoms with Crippen LogP contribution in [0.1, 0.15) is 17.7 Å². The van der Waals surface area contributed by atoms with Crippen molar-refractivity contribution in [3.05, 3.63) is 51.7 Å². The number of nitrogens with one attached hydrogen (secondary N) is 2. The highest BCUT2D eigenvalue weighted by Gasteiger charge is 2.20. The zero-order valence-corrected chi connectivity index (χ0v) is 14.4. The second-order valence-corrected chi connectivity index (χ2v) is 7.20. The number of hydrogen-bond acceptors (Lipinski definition) is 3. The molecule has 0 atom stereocenters. The van der Waals surface area contributed by atoms with Gasteiger partial charge in [-0.3, -0.25) is 4.90 Å². The lowest BCUT2D eigenvalue weighted by molar-refractivity contribution is 0.191. The monoisotopic (exact) mass is 349 g/mol. The van der Waals surface area contributed by atoms with Crippen molar-refractivity contribution in [3.8, 4) is 0 Å². The van der Waals surface area contributed by atoms with Gasteiger partial charge in [-0.15, -0.1) is 11.3 Å². The van der Waals surface area contributed by atoms with Gasteiger partial charge in [-0.05, 0) is 48.6 Å². The molecule has 2 amide bonds. The van der Waals surface area contributed by atoms with E-state index in [1.165, 1.54) is 4.88 Å². The van der Waals surface area contributed by atoms with Gasteiger partial charge in [0, 0.05) is 41.3 Å². The van der Waals surface area contributed by atoms with Gasteiger partial charge in [0.05, 0.1) is 0 Å². The predicted octanol–water partition coefficient (Wildman–Crippen LogP) is 4.19. The highest BCUT2D eigenvalue weighted by Crippen LogP contribution is 2.17. The number of piperidine rings is 1. The van der Waals surface area contributed by atoms with Crippen LogP contribution in [0.2, 0.25) is 5.02 Å². The minimum Gasteiger partial charge on any atom is -0.335 e. The van der Waals surface area contributed by atoms with E-state index in [1.807, 2.05) is 0 Å². The molecule has 4 nitrogen and oxygen atoms in total. The van der Waals surface area contributed by atoms with Crippen molar-refractivity contribution in [3.63, 3.8) is 0 Å². The van der Waals surface area contributed by atoms with Crippen molar-refractivity contribution in [2.24, 2.45) is 0 Å². The first-order valence-corrected chi connectivity index (χ1v) is 9.02. The van der Waals surface area contributed by atoms with Gasteiger partial charge >= 0.3 is 6.03 Å². The number of amides is 2. The fourth-order valence-corrected chi connectivity index (χ4v) is 3.62. The summed E-state index contributed by atoms with van der Waals surface area (Å²) >= 11 is 7.64. The van der Waals surface area contributed by atoms with E-state index < -0.39 is 0 Å². The summed E-state index contributed by atoms with van der Waals surface area (Å²) in [6, 6.07) is 11.5. The van der Waals surface area contributed by atoms with Crippen LogP contribution in [0.4, 0.5) is 10.5 Å². The number of halogens is 1. The van der Waals surface area contributed by atoms with Crippen LogP contribution in [0.15, 0.2) is 41.8 Å². The maximum Gasteiger partial charge on any atom is 0.319 e. The molecule has 2 heterocycles. The number of thiophene rings is 1. The molecule has 1 saturated heterocycles. The lowest BCUT2D eigenvalue weighted by Gasteiger charge is -2.32. The van der Waals surface area contributed by atoms with Gasteiger partial charge < -0.3 is 10.6 Å². The van der Waals surface area contributed by atoms with E-state index in [9.17, 15) is 4.79 Å². The molecule has 1 fully saturated rings. The van der Waals surface area contributed by atoms with Crippen LogP contribution in [0, 0.1) is 0 Å². The molecule has 3 rings (SSSR count). The minimum atomic E-state index is -0.149. The number of anilines is 1. The standard InChI is InChI=1S/C17H20ClN3OS/c18-13-3-5-14(6-4-13)19-17(22)20-15-7-9-21(10-8-15)12-16-2-1-11-23-16/h1-6,11,15H,7-10,12H2,(H2,19,20,22). The molecule has 2 N–H and O–H groups in total. The molecule has 1 aromatic heterocycles. The van der Waals surface area contributed by atoms with E-state index in [1.54, 1.807) is 35.6 Å². The third kappa shape index (κ3) is 4.96. The summed E-state index contributed by atoms with van der Waals surface area (Å²) in [7, 11) is 0. The molecule has 0 saturated carbocycles. The minimum absolute atomic E-state index is 0.149. The Morgan fingerprint density at radius 1 is 1.22 bits per heavy atom. The Bertz CT molecular complexity index is 622. The Kier molecular flexibility index (Phi) is 5.54. The molecule has 1 aliphatic rings. The first-order valence-electron chi connectivity index (χ1n) is 7.77.